The summed E-state index contributed by atoms with van der Waals surface area (Å²) in [5.74, 6) is -0.806. The van der Waals surface area contributed by atoms with Crippen molar-refractivity contribution >= 4 is 11.7 Å². The van der Waals surface area contributed by atoms with Gasteiger partial charge in [-0.2, -0.15) is 5.26 Å². The molecule has 0 bridgehead atoms. The van der Waals surface area contributed by atoms with E-state index < -0.39 is 11.7 Å². The van der Waals surface area contributed by atoms with Crippen LogP contribution >= 0.6 is 0 Å². The first-order valence-corrected chi connectivity index (χ1v) is 6.21. The van der Waals surface area contributed by atoms with Crippen LogP contribution in [-0.2, 0) is 14.3 Å². The van der Waals surface area contributed by atoms with Crippen LogP contribution in [0.25, 0.3) is 0 Å². The SMILES string of the molecule is CCOC(=O)C1(C#N)N=C(c2ccccc2)C(C)=CO1. The zero-order valence-electron chi connectivity index (χ0n) is 11.3. The Morgan fingerprint density at radius 3 is 2.75 bits per heavy atom. The fourth-order valence-corrected chi connectivity index (χ4v) is 1.81. The lowest BCUT2D eigenvalue weighted by molar-refractivity contribution is -0.159. The van der Waals surface area contributed by atoms with E-state index in [4.69, 9.17) is 9.47 Å². The van der Waals surface area contributed by atoms with E-state index in [1.54, 1.807) is 19.9 Å². The Morgan fingerprint density at radius 1 is 1.45 bits per heavy atom. The third-order valence-electron chi connectivity index (χ3n) is 2.80. The van der Waals surface area contributed by atoms with Crippen molar-refractivity contribution in [2.75, 3.05) is 6.61 Å². The number of nitriles is 1. The Balaban J connectivity index is 2.47. The summed E-state index contributed by atoms with van der Waals surface area (Å²) in [5, 5.41) is 9.28. The molecule has 1 aromatic carbocycles. The van der Waals surface area contributed by atoms with Crippen molar-refractivity contribution in [3.05, 3.63) is 47.7 Å². The molecule has 5 heteroatoms. The fraction of sp³-hybridized carbons (Fsp3) is 0.267. The second-order valence-corrected chi connectivity index (χ2v) is 4.22. The van der Waals surface area contributed by atoms with E-state index in [2.05, 4.69) is 4.99 Å². The Morgan fingerprint density at radius 2 is 2.15 bits per heavy atom. The number of ether oxygens (including phenoxy) is 2. The molecule has 0 saturated carbocycles. The van der Waals surface area contributed by atoms with Gasteiger partial charge in [0, 0.05) is 11.1 Å². The highest BCUT2D eigenvalue weighted by Crippen LogP contribution is 2.25. The average molecular weight is 270 g/mol. The van der Waals surface area contributed by atoms with Gasteiger partial charge in [-0.3, -0.25) is 0 Å². The summed E-state index contributed by atoms with van der Waals surface area (Å²) < 4.78 is 10.1. The molecular formula is C15H14N2O3. The number of hydrogen-bond donors (Lipinski definition) is 0. The third kappa shape index (κ3) is 2.41. The minimum atomic E-state index is -1.96. The molecule has 0 aromatic heterocycles. The summed E-state index contributed by atoms with van der Waals surface area (Å²) in [6.45, 7) is 3.62. The molecule has 0 aliphatic carbocycles. The van der Waals surface area contributed by atoms with Gasteiger partial charge in [0.2, 0.25) is 0 Å². The monoisotopic (exact) mass is 270 g/mol. The lowest BCUT2D eigenvalue weighted by atomic mass is 10.0. The highest BCUT2D eigenvalue weighted by molar-refractivity contribution is 6.13. The molecule has 1 aromatic rings. The normalized spacial score (nSPS) is 21.1. The topological polar surface area (TPSA) is 71.7 Å². The van der Waals surface area contributed by atoms with E-state index in [9.17, 15) is 10.1 Å². The van der Waals surface area contributed by atoms with Crippen LogP contribution < -0.4 is 0 Å². The van der Waals surface area contributed by atoms with Gasteiger partial charge in [0.25, 0.3) is 0 Å². The van der Waals surface area contributed by atoms with E-state index >= 15 is 0 Å². The van der Waals surface area contributed by atoms with Gasteiger partial charge in [-0.25, -0.2) is 9.79 Å². The summed E-state index contributed by atoms with van der Waals surface area (Å²) in [7, 11) is 0. The minimum absolute atomic E-state index is 0.157. The van der Waals surface area contributed by atoms with E-state index in [1.165, 1.54) is 6.26 Å². The van der Waals surface area contributed by atoms with Crippen LogP contribution in [0, 0.1) is 11.3 Å². The first-order valence-electron chi connectivity index (χ1n) is 6.21. The van der Waals surface area contributed by atoms with Crippen LogP contribution in [-0.4, -0.2) is 24.0 Å². The first-order chi connectivity index (χ1) is 9.63. The van der Waals surface area contributed by atoms with Crippen LogP contribution in [0.4, 0.5) is 0 Å². The maximum Gasteiger partial charge on any atom is 0.390 e. The highest BCUT2D eigenvalue weighted by Gasteiger charge is 2.45. The Labute approximate surface area is 117 Å². The molecule has 5 nitrogen and oxygen atoms in total. The number of aliphatic imine (C=N–C) groups is 1. The molecule has 0 spiro atoms. The summed E-state index contributed by atoms with van der Waals surface area (Å²) >= 11 is 0. The number of benzene rings is 1. The van der Waals surface area contributed by atoms with Crippen LogP contribution in [0.5, 0.6) is 0 Å². The number of allylic oxidation sites excluding steroid dienone is 1. The van der Waals surface area contributed by atoms with Crippen molar-refractivity contribution in [3.8, 4) is 6.07 Å². The van der Waals surface area contributed by atoms with Crippen molar-refractivity contribution in [1.82, 2.24) is 0 Å². The highest BCUT2D eigenvalue weighted by atomic mass is 16.6. The summed E-state index contributed by atoms with van der Waals surface area (Å²) in [6.07, 6.45) is 1.37. The van der Waals surface area contributed by atoms with Crippen molar-refractivity contribution in [3.63, 3.8) is 0 Å². The smallest absolute Gasteiger partial charge is 0.390 e. The molecule has 20 heavy (non-hydrogen) atoms. The third-order valence-corrected chi connectivity index (χ3v) is 2.80. The average Bonchev–Trinajstić information content (AvgIpc) is 2.49. The minimum Gasteiger partial charge on any atom is -0.461 e. The molecule has 0 radical (unpaired) electrons. The maximum atomic E-state index is 11.9. The van der Waals surface area contributed by atoms with Gasteiger partial charge in [0.05, 0.1) is 18.6 Å². The summed E-state index contributed by atoms with van der Waals surface area (Å²) in [6, 6.07) is 11.1. The molecule has 1 aliphatic heterocycles. The first kappa shape index (κ1) is 13.8. The number of rotatable bonds is 3. The van der Waals surface area contributed by atoms with Gasteiger partial charge in [0.1, 0.15) is 6.07 Å². The van der Waals surface area contributed by atoms with Gasteiger partial charge >= 0.3 is 11.7 Å². The molecular weight excluding hydrogens is 256 g/mol. The van der Waals surface area contributed by atoms with Crippen molar-refractivity contribution in [1.29, 1.82) is 5.26 Å². The van der Waals surface area contributed by atoms with Crippen molar-refractivity contribution in [2.45, 2.75) is 19.6 Å². The molecule has 2 rings (SSSR count). The zero-order chi connectivity index (χ0) is 14.6. The van der Waals surface area contributed by atoms with E-state index in [-0.39, 0.29) is 6.61 Å². The zero-order valence-corrected chi connectivity index (χ0v) is 11.3. The number of nitrogens with zero attached hydrogens (tertiary/aromatic N) is 2. The molecule has 1 heterocycles. The van der Waals surface area contributed by atoms with E-state index in [0.717, 1.165) is 11.1 Å². The Bertz CT molecular complexity index is 614. The number of esters is 1. The fourth-order valence-electron chi connectivity index (χ4n) is 1.81. The van der Waals surface area contributed by atoms with Gasteiger partial charge < -0.3 is 9.47 Å². The van der Waals surface area contributed by atoms with Gasteiger partial charge in [-0.05, 0) is 13.8 Å². The summed E-state index contributed by atoms with van der Waals surface area (Å²) in [5.41, 5.74) is 0.145. The molecule has 1 atom stereocenters. The largest absolute Gasteiger partial charge is 0.461 e. The van der Waals surface area contributed by atoms with Crippen LogP contribution in [0.1, 0.15) is 19.4 Å². The Hall–Kier alpha value is -2.61. The standard InChI is InChI=1S/C15H14N2O3/c1-3-19-14(18)15(10-16)17-13(11(2)9-20-15)12-7-5-4-6-8-12/h4-9H,3H2,1-2H3. The van der Waals surface area contributed by atoms with Gasteiger partial charge in [0.15, 0.2) is 0 Å². The van der Waals surface area contributed by atoms with Crippen molar-refractivity contribution in [2.24, 2.45) is 4.99 Å². The molecule has 1 unspecified atom stereocenters. The molecule has 1 aliphatic rings. The van der Waals surface area contributed by atoms with Crippen LogP contribution in [0.2, 0.25) is 0 Å². The van der Waals surface area contributed by atoms with Gasteiger partial charge in [-0.15, -0.1) is 0 Å². The molecule has 0 amide bonds. The van der Waals surface area contributed by atoms with Gasteiger partial charge in [-0.1, -0.05) is 30.3 Å². The second kappa shape index (κ2) is 5.57. The van der Waals surface area contributed by atoms with Crippen molar-refractivity contribution < 1.29 is 14.3 Å². The summed E-state index contributed by atoms with van der Waals surface area (Å²) in [4.78, 5) is 16.1. The van der Waals surface area contributed by atoms with Crippen LogP contribution in [0.15, 0.2) is 47.2 Å². The van der Waals surface area contributed by atoms with E-state index in [0.29, 0.717) is 5.71 Å². The predicted molar refractivity (Wildman–Crippen MR) is 72.8 cm³/mol. The number of carbonyl (C=O) groups excluding carboxylic acids is 1. The molecule has 0 saturated heterocycles. The lowest BCUT2D eigenvalue weighted by Crippen LogP contribution is -2.41. The predicted octanol–water partition coefficient (Wildman–Crippen LogP) is 2.19. The second-order valence-electron chi connectivity index (χ2n) is 4.22. The van der Waals surface area contributed by atoms with Crippen LogP contribution in [0.3, 0.4) is 0 Å². The maximum absolute atomic E-state index is 11.9. The van der Waals surface area contributed by atoms with E-state index in [1.807, 2.05) is 30.3 Å². The number of hydrogen-bond acceptors (Lipinski definition) is 5. The lowest BCUT2D eigenvalue weighted by Gasteiger charge is -2.25. The number of carbonyl (C=O) groups is 1. The quantitative estimate of drug-likeness (QED) is 0.789. The molecule has 0 fully saturated rings. The molecule has 0 N–H and O–H groups in total. The molecule has 102 valence electrons. The Kier molecular flexibility index (Phi) is 3.85.